The van der Waals surface area contributed by atoms with Gasteiger partial charge >= 0.3 is 6.03 Å². The second-order valence-corrected chi connectivity index (χ2v) is 8.10. The van der Waals surface area contributed by atoms with Crippen molar-refractivity contribution in [3.8, 4) is 0 Å². The average molecular weight is 418 g/mol. The lowest BCUT2D eigenvalue weighted by atomic mass is 9.96. The van der Waals surface area contributed by atoms with Gasteiger partial charge in [0, 0.05) is 47.2 Å². The van der Waals surface area contributed by atoms with Crippen LogP contribution in [0.2, 0.25) is 5.02 Å². The van der Waals surface area contributed by atoms with E-state index in [0.717, 1.165) is 23.0 Å². The van der Waals surface area contributed by atoms with Crippen molar-refractivity contribution in [2.75, 3.05) is 26.2 Å². The Kier molecular flexibility index (Phi) is 5.36. The van der Waals surface area contributed by atoms with Crippen molar-refractivity contribution in [1.82, 2.24) is 20.1 Å². The first-order valence-corrected chi connectivity index (χ1v) is 10.2. The fourth-order valence-corrected chi connectivity index (χ4v) is 4.35. The highest BCUT2D eigenvalue weighted by Gasteiger charge is 2.27. The van der Waals surface area contributed by atoms with E-state index in [0.29, 0.717) is 44.0 Å². The highest BCUT2D eigenvalue weighted by Crippen LogP contribution is 2.29. The number of H-pyrrole nitrogens is 1. The summed E-state index contributed by atoms with van der Waals surface area (Å²) in [7, 11) is 0. The summed E-state index contributed by atoms with van der Waals surface area (Å²) in [5, 5.41) is 4.52. The molecule has 2 aromatic rings. The summed E-state index contributed by atoms with van der Waals surface area (Å²) in [6, 6.07) is 5.48. The van der Waals surface area contributed by atoms with Crippen molar-refractivity contribution < 1.29 is 14.4 Å². The van der Waals surface area contributed by atoms with Gasteiger partial charge in [0.2, 0.25) is 11.8 Å². The Morgan fingerprint density at radius 3 is 2.66 bits per heavy atom. The number of urea groups is 1. The van der Waals surface area contributed by atoms with Gasteiger partial charge in [-0.3, -0.25) is 9.59 Å². The number of nitrogens with zero attached hydrogens (tertiary/aromatic N) is 2. The molecule has 0 atom stereocenters. The number of likely N-dealkylation sites (tertiary alicyclic amines) is 1. The highest BCUT2D eigenvalue weighted by atomic mass is 35.5. The first-order chi connectivity index (χ1) is 13.9. The molecule has 4 rings (SSSR count). The zero-order valence-electron chi connectivity index (χ0n) is 16.0. The maximum absolute atomic E-state index is 12.6. The number of rotatable bonds is 3. The molecule has 0 spiro atoms. The van der Waals surface area contributed by atoms with Crippen LogP contribution in [0.15, 0.2) is 18.2 Å². The Hall–Kier alpha value is -2.74. The van der Waals surface area contributed by atoms with Crippen LogP contribution in [0.5, 0.6) is 0 Å². The number of fused-ring (bicyclic) bond motifs is 3. The molecule has 29 heavy (non-hydrogen) atoms. The predicted octanol–water partition coefficient (Wildman–Crippen LogP) is 1.61. The molecule has 9 heteroatoms. The smallest absolute Gasteiger partial charge is 0.318 e. The normalized spacial score (nSPS) is 17.3. The van der Waals surface area contributed by atoms with Crippen molar-refractivity contribution in [1.29, 1.82) is 0 Å². The Morgan fingerprint density at radius 1 is 1.17 bits per heavy atom. The second-order valence-electron chi connectivity index (χ2n) is 7.66. The van der Waals surface area contributed by atoms with Crippen molar-refractivity contribution in [3.05, 3.63) is 34.5 Å². The lowest BCUT2D eigenvalue weighted by Crippen LogP contribution is -2.49. The Morgan fingerprint density at radius 2 is 1.93 bits per heavy atom. The van der Waals surface area contributed by atoms with E-state index in [1.54, 1.807) is 9.80 Å². The van der Waals surface area contributed by atoms with E-state index >= 15 is 0 Å². The van der Waals surface area contributed by atoms with Crippen LogP contribution in [0.1, 0.15) is 24.1 Å². The summed E-state index contributed by atoms with van der Waals surface area (Å²) in [5.41, 5.74) is 8.53. The lowest BCUT2D eigenvalue weighted by Gasteiger charge is -2.31. The first-order valence-electron chi connectivity index (χ1n) is 9.81. The second kappa shape index (κ2) is 7.94. The van der Waals surface area contributed by atoms with Crippen molar-refractivity contribution >= 4 is 40.3 Å². The molecule has 2 aliphatic heterocycles. The molecular weight excluding hydrogens is 394 g/mol. The molecule has 3 heterocycles. The van der Waals surface area contributed by atoms with Crippen LogP contribution < -0.4 is 11.1 Å². The molecule has 0 saturated carbocycles. The summed E-state index contributed by atoms with van der Waals surface area (Å²) in [5.74, 6) is -0.615. The number of hydrogen-bond donors (Lipinski definition) is 3. The highest BCUT2D eigenvalue weighted by molar-refractivity contribution is 6.31. The summed E-state index contributed by atoms with van der Waals surface area (Å²) in [4.78, 5) is 42.9. The number of benzene rings is 1. The van der Waals surface area contributed by atoms with Gasteiger partial charge in [0.25, 0.3) is 0 Å². The number of halogens is 1. The van der Waals surface area contributed by atoms with Crippen molar-refractivity contribution in [2.45, 2.75) is 25.8 Å². The molecule has 154 valence electrons. The minimum absolute atomic E-state index is 0.0499. The first kappa shape index (κ1) is 19.6. The summed E-state index contributed by atoms with van der Waals surface area (Å²) < 4.78 is 0. The van der Waals surface area contributed by atoms with E-state index in [9.17, 15) is 14.4 Å². The van der Waals surface area contributed by atoms with Gasteiger partial charge < -0.3 is 25.8 Å². The van der Waals surface area contributed by atoms with Crippen LogP contribution in [0.25, 0.3) is 10.9 Å². The summed E-state index contributed by atoms with van der Waals surface area (Å²) >= 11 is 6.11. The van der Waals surface area contributed by atoms with E-state index in [1.807, 2.05) is 18.2 Å². The number of aromatic amines is 1. The fourth-order valence-electron chi connectivity index (χ4n) is 4.17. The number of amides is 4. The van der Waals surface area contributed by atoms with Crippen LogP contribution >= 0.6 is 11.6 Å². The standard InChI is InChI=1S/C20H24ClN5O3/c21-13-1-2-16-15(9-13)14-5-8-26(11-17(14)24-16)20(29)23-10-18(27)25-6-3-12(4-7-25)19(22)28/h1-2,9,12,24H,3-8,10-11H2,(H2,22,28)(H,23,29). The minimum Gasteiger partial charge on any atom is -0.369 e. The van der Waals surface area contributed by atoms with Gasteiger partial charge in [0.1, 0.15) is 0 Å². The van der Waals surface area contributed by atoms with Gasteiger partial charge in [-0.2, -0.15) is 0 Å². The summed E-state index contributed by atoms with van der Waals surface area (Å²) in [6.45, 7) is 1.98. The number of carbonyl (C=O) groups excluding carboxylic acids is 3. The van der Waals surface area contributed by atoms with Crippen LogP contribution in [-0.2, 0) is 22.6 Å². The third-order valence-corrected chi connectivity index (χ3v) is 6.10. The van der Waals surface area contributed by atoms with Crippen LogP contribution in [0.4, 0.5) is 4.79 Å². The number of piperidine rings is 1. The van der Waals surface area contributed by atoms with Crippen LogP contribution in [0.3, 0.4) is 0 Å². The van der Waals surface area contributed by atoms with Gasteiger partial charge in [0.15, 0.2) is 0 Å². The van der Waals surface area contributed by atoms with Crippen LogP contribution in [-0.4, -0.2) is 58.8 Å². The van der Waals surface area contributed by atoms with E-state index in [4.69, 9.17) is 17.3 Å². The van der Waals surface area contributed by atoms with Gasteiger partial charge in [-0.1, -0.05) is 11.6 Å². The molecule has 8 nitrogen and oxygen atoms in total. The Bertz CT molecular complexity index is 964. The third-order valence-electron chi connectivity index (χ3n) is 5.87. The quantitative estimate of drug-likeness (QED) is 0.705. The number of nitrogens with two attached hydrogens (primary N) is 1. The monoisotopic (exact) mass is 417 g/mol. The molecule has 2 aliphatic rings. The molecule has 0 aliphatic carbocycles. The maximum Gasteiger partial charge on any atom is 0.318 e. The molecule has 0 bridgehead atoms. The predicted molar refractivity (Wildman–Crippen MR) is 109 cm³/mol. The molecule has 4 N–H and O–H groups in total. The van der Waals surface area contributed by atoms with Crippen molar-refractivity contribution in [2.24, 2.45) is 11.7 Å². The zero-order valence-corrected chi connectivity index (χ0v) is 16.8. The van der Waals surface area contributed by atoms with Gasteiger partial charge in [-0.05, 0) is 43.0 Å². The third kappa shape index (κ3) is 4.03. The Balaban J connectivity index is 1.31. The molecule has 0 radical (unpaired) electrons. The van der Waals surface area contributed by atoms with Gasteiger partial charge in [-0.25, -0.2) is 4.79 Å². The van der Waals surface area contributed by atoms with E-state index < -0.39 is 0 Å². The molecule has 4 amide bonds. The van der Waals surface area contributed by atoms with Crippen LogP contribution in [0, 0.1) is 5.92 Å². The molecule has 0 unspecified atom stereocenters. The van der Waals surface area contributed by atoms with E-state index in [2.05, 4.69) is 10.3 Å². The average Bonchev–Trinajstić information content (AvgIpc) is 3.08. The minimum atomic E-state index is -0.311. The number of aromatic nitrogens is 1. The Labute approximate surface area is 173 Å². The molecule has 1 aromatic heterocycles. The number of hydrogen-bond acceptors (Lipinski definition) is 3. The van der Waals surface area contributed by atoms with Crippen molar-refractivity contribution in [3.63, 3.8) is 0 Å². The zero-order chi connectivity index (χ0) is 20.5. The fraction of sp³-hybridized carbons (Fsp3) is 0.450. The number of primary amides is 1. The van der Waals surface area contributed by atoms with E-state index in [1.165, 1.54) is 5.56 Å². The molecule has 1 aromatic carbocycles. The van der Waals surface area contributed by atoms with Gasteiger partial charge in [0.05, 0.1) is 13.1 Å². The lowest BCUT2D eigenvalue weighted by molar-refractivity contribution is -0.133. The SMILES string of the molecule is NC(=O)C1CCN(C(=O)CNC(=O)N2CCc3c([nH]c4ccc(Cl)cc34)C2)CC1. The number of nitrogens with one attached hydrogen (secondary N) is 2. The largest absolute Gasteiger partial charge is 0.369 e. The molecule has 1 saturated heterocycles. The maximum atomic E-state index is 12.6. The molecule has 1 fully saturated rings. The molecular formula is C20H24ClN5O3. The van der Waals surface area contributed by atoms with Gasteiger partial charge in [-0.15, -0.1) is 0 Å². The number of carbonyl (C=O) groups is 3. The topological polar surface area (TPSA) is 112 Å². The summed E-state index contributed by atoms with van der Waals surface area (Å²) in [6.07, 6.45) is 1.89. The van der Waals surface area contributed by atoms with E-state index in [-0.39, 0.29) is 30.3 Å².